The number of H-pyrrole nitrogens is 2. The largest absolute Gasteiger partial charge is 0.355 e. The average Bonchev–Trinajstić information content (AvgIpc) is 3.14. The fourth-order valence-corrected chi connectivity index (χ4v) is 5.75. The lowest BCUT2D eigenvalue weighted by Gasteiger charge is -2.31. The van der Waals surface area contributed by atoms with Crippen LogP contribution in [0.3, 0.4) is 0 Å². The zero-order chi connectivity index (χ0) is 20.3. The van der Waals surface area contributed by atoms with Crippen molar-refractivity contribution in [3.05, 3.63) is 48.9 Å². The summed E-state index contributed by atoms with van der Waals surface area (Å²) in [5, 5.41) is 4.84. The van der Waals surface area contributed by atoms with Crippen LogP contribution in [0.1, 0.15) is 23.4 Å². The zero-order valence-electron chi connectivity index (χ0n) is 15.4. The van der Waals surface area contributed by atoms with Gasteiger partial charge in [0, 0.05) is 30.2 Å². The quantitative estimate of drug-likeness (QED) is 0.607. The molecule has 1 saturated heterocycles. The van der Waals surface area contributed by atoms with Gasteiger partial charge in [-0.25, -0.2) is 13.2 Å². The Morgan fingerprint density at radius 2 is 2.14 bits per heavy atom. The Labute approximate surface area is 165 Å². The van der Waals surface area contributed by atoms with E-state index >= 15 is 0 Å². The summed E-state index contributed by atoms with van der Waals surface area (Å²) in [6.45, 7) is 2.08. The van der Waals surface area contributed by atoms with Crippen LogP contribution in [0.25, 0.3) is 0 Å². The van der Waals surface area contributed by atoms with E-state index in [4.69, 9.17) is 0 Å². The number of nitrogens with one attached hydrogen (secondary N) is 3. The minimum absolute atomic E-state index is 0.00513. The molecule has 1 fully saturated rings. The first-order chi connectivity index (χ1) is 13.3. The van der Waals surface area contributed by atoms with E-state index in [0.29, 0.717) is 19.4 Å². The summed E-state index contributed by atoms with van der Waals surface area (Å²) in [5.41, 5.74) is -1.73. The molecule has 0 radical (unpaired) electrons. The maximum absolute atomic E-state index is 12.9. The van der Waals surface area contributed by atoms with Crippen LogP contribution >= 0.6 is 11.3 Å². The van der Waals surface area contributed by atoms with E-state index in [0.717, 1.165) is 10.7 Å². The number of nitrogens with zero attached hydrogens (tertiary/aromatic N) is 1. The second kappa shape index (κ2) is 8.41. The van der Waals surface area contributed by atoms with Gasteiger partial charge < -0.3 is 10.3 Å². The molecule has 1 amide bonds. The van der Waals surface area contributed by atoms with E-state index < -0.39 is 32.1 Å². The number of amides is 1. The summed E-state index contributed by atoms with van der Waals surface area (Å²) < 4.78 is 27.0. The number of hydrogen-bond donors (Lipinski definition) is 3. The smallest absolute Gasteiger partial charge is 0.325 e. The normalized spacial score (nSPS) is 18.1. The highest BCUT2D eigenvalue weighted by Gasteiger charge is 2.35. The Morgan fingerprint density at radius 3 is 2.82 bits per heavy atom. The third kappa shape index (κ3) is 4.42. The number of piperidine rings is 1. The van der Waals surface area contributed by atoms with Crippen molar-refractivity contribution < 1.29 is 13.2 Å². The molecule has 2 aromatic rings. The van der Waals surface area contributed by atoms with E-state index in [9.17, 15) is 22.8 Å². The van der Waals surface area contributed by atoms with Crippen molar-refractivity contribution in [1.29, 1.82) is 0 Å². The lowest BCUT2D eigenvalue weighted by molar-refractivity contribution is -0.126. The predicted molar refractivity (Wildman–Crippen MR) is 105 cm³/mol. The Balaban J connectivity index is 1.69. The molecule has 3 N–H and O–H groups in total. The van der Waals surface area contributed by atoms with Crippen molar-refractivity contribution >= 4 is 27.3 Å². The number of hydrogen-bond acceptors (Lipinski definition) is 6. The molecule has 9 nitrogen and oxygen atoms in total. The van der Waals surface area contributed by atoms with Gasteiger partial charge in [0.05, 0.1) is 5.92 Å². The summed E-state index contributed by atoms with van der Waals surface area (Å²) >= 11 is 1.62. The number of carbonyl (C=O) groups is 1. The molecule has 1 aliphatic rings. The summed E-state index contributed by atoms with van der Waals surface area (Å²) in [7, 11) is -4.12. The first-order valence-electron chi connectivity index (χ1n) is 8.92. The molecule has 1 aliphatic heterocycles. The monoisotopic (exact) mass is 426 g/mol. The van der Waals surface area contributed by atoms with E-state index in [2.05, 4.69) is 10.3 Å². The molecule has 28 heavy (non-hydrogen) atoms. The molecule has 0 aromatic carbocycles. The topological polar surface area (TPSA) is 132 Å². The number of carbonyl (C=O) groups excluding carboxylic acids is 1. The van der Waals surface area contributed by atoms with Crippen LogP contribution in [0.4, 0.5) is 0 Å². The number of aryl methyl sites for hydroxylation is 1. The molecule has 0 bridgehead atoms. The van der Waals surface area contributed by atoms with Gasteiger partial charge in [0.1, 0.15) is 0 Å². The molecule has 2 aromatic heterocycles. The molecule has 0 spiro atoms. The van der Waals surface area contributed by atoms with E-state index in [1.807, 2.05) is 22.5 Å². The van der Waals surface area contributed by atoms with E-state index in [1.54, 1.807) is 11.3 Å². The van der Waals surface area contributed by atoms with Crippen molar-refractivity contribution in [2.75, 3.05) is 19.6 Å². The molecule has 3 rings (SSSR count). The highest BCUT2D eigenvalue weighted by atomic mass is 32.2. The minimum atomic E-state index is -4.12. The van der Waals surface area contributed by atoms with Crippen LogP contribution in [0.5, 0.6) is 0 Å². The zero-order valence-corrected chi connectivity index (χ0v) is 17.0. The first kappa shape index (κ1) is 20.5. The average molecular weight is 427 g/mol. The fraction of sp³-hybridized carbons (Fsp3) is 0.471. The van der Waals surface area contributed by atoms with Gasteiger partial charge in [0.25, 0.3) is 5.56 Å². The summed E-state index contributed by atoms with van der Waals surface area (Å²) in [4.78, 5) is 40.8. The molecular formula is C17H22N4O5S2. The molecule has 11 heteroatoms. The third-order valence-corrected chi connectivity index (χ3v) is 7.63. The van der Waals surface area contributed by atoms with Gasteiger partial charge in [-0.2, -0.15) is 4.31 Å². The second-order valence-corrected chi connectivity index (χ2v) is 9.59. The standard InChI is InChI=1S/C17H22N4O5S2/c1-11-14(16(23)20-17(24)19-11)28(25,26)21-8-2-4-12(10-21)15(22)18-7-6-13-5-3-9-27-13/h3,5,9,12H,2,4,6-8,10H2,1H3,(H,18,22)(H2,19,20,23,24)/t12-/m1/s1. The first-order valence-corrected chi connectivity index (χ1v) is 11.2. The van der Waals surface area contributed by atoms with E-state index in [-0.39, 0.29) is 24.7 Å². The van der Waals surface area contributed by atoms with Gasteiger partial charge >= 0.3 is 5.69 Å². The maximum Gasteiger partial charge on any atom is 0.325 e. The number of sulfonamides is 1. The van der Waals surface area contributed by atoms with Crippen molar-refractivity contribution in [1.82, 2.24) is 19.6 Å². The highest BCUT2D eigenvalue weighted by Crippen LogP contribution is 2.23. The predicted octanol–water partition coefficient (Wildman–Crippen LogP) is 0.193. The molecule has 3 heterocycles. The third-order valence-electron chi connectivity index (χ3n) is 4.68. The van der Waals surface area contributed by atoms with Gasteiger partial charge in [0.2, 0.25) is 15.9 Å². The maximum atomic E-state index is 12.9. The number of aromatic nitrogens is 2. The van der Waals surface area contributed by atoms with Crippen LogP contribution < -0.4 is 16.6 Å². The summed E-state index contributed by atoms with van der Waals surface area (Å²) in [5.74, 6) is -0.669. The molecule has 0 aliphatic carbocycles. The minimum Gasteiger partial charge on any atom is -0.355 e. The van der Waals surface area contributed by atoms with Gasteiger partial charge in [0.15, 0.2) is 4.90 Å². The van der Waals surface area contributed by atoms with Gasteiger partial charge in [-0.15, -0.1) is 11.3 Å². The van der Waals surface area contributed by atoms with Gasteiger partial charge in [-0.3, -0.25) is 14.6 Å². The van der Waals surface area contributed by atoms with Crippen LogP contribution in [0.2, 0.25) is 0 Å². The number of rotatable bonds is 6. The summed E-state index contributed by atoms with van der Waals surface area (Å²) in [6, 6.07) is 3.95. The second-order valence-electron chi connectivity index (χ2n) is 6.68. The highest BCUT2D eigenvalue weighted by molar-refractivity contribution is 7.89. The lowest BCUT2D eigenvalue weighted by atomic mass is 9.99. The van der Waals surface area contributed by atoms with Crippen molar-refractivity contribution in [3.8, 4) is 0 Å². The number of thiophene rings is 1. The number of aromatic amines is 2. The van der Waals surface area contributed by atoms with Crippen molar-refractivity contribution in [2.24, 2.45) is 5.92 Å². The fourth-order valence-electron chi connectivity index (χ4n) is 3.31. The van der Waals surface area contributed by atoms with E-state index in [1.165, 1.54) is 11.8 Å². The van der Waals surface area contributed by atoms with Gasteiger partial charge in [-0.1, -0.05) is 6.07 Å². The van der Waals surface area contributed by atoms with Crippen molar-refractivity contribution in [2.45, 2.75) is 31.1 Å². The Morgan fingerprint density at radius 1 is 1.36 bits per heavy atom. The molecule has 0 unspecified atom stereocenters. The van der Waals surface area contributed by atoms with Gasteiger partial charge in [-0.05, 0) is 37.6 Å². The SMILES string of the molecule is Cc1[nH]c(=O)[nH]c(=O)c1S(=O)(=O)N1CCC[C@@H](C(=O)NCCc2cccs2)C1. The van der Waals surface area contributed by atoms with Crippen LogP contribution in [-0.4, -0.2) is 48.2 Å². The Hall–Kier alpha value is -2.24. The molecule has 1 atom stereocenters. The Kier molecular flexibility index (Phi) is 6.16. The van der Waals surface area contributed by atoms with Crippen LogP contribution in [0, 0.1) is 12.8 Å². The lowest BCUT2D eigenvalue weighted by Crippen LogP contribution is -2.47. The van der Waals surface area contributed by atoms with Crippen molar-refractivity contribution in [3.63, 3.8) is 0 Å². The molecular weight excluding hydrogens is 404 g/mol. The summed E-state index contributed by atoms with van der Waals surface area (Å²) in [6.07, 6.45) is 1.82. The molecule has 152 valence electrons. The molecule has 0 saturated carbocycles. The van der Waals surface area contributed by atoms with Crippen LogP contribution in [0.15, 0.2) is 32.0 Å². The Bertz CT molecular complexity index is 1060. The van der Waals surface area contributed by atoms with Crippen LogP contribution in [-0.2, 0) is 21.2 Å².